The molecule has 0 saturated carbocycles. The Balaban J connectivity index is 1.51. The summed E-state index contributed by atoms with van der Waals surface area (Å²) in [4.78, 5) is 26.2. The van der Waals surface area contributed by atoms with E-state index in [-0.39, 0.29) is 17.7 Å². The summed E-state index contributed by atoms with van der Waals surface area (Å²) in [5.41, 5.74) is 3.89. The number of rotatable bonds is 9. The lowest BCUT2D eigenvalue weighted by atomic mass is 10.0. The number of hydrogen-bond acceptors (Lipinski definition) is 4. The molecule has 0 saturated heterocycles. The maximum atomic E-state index is 13.1. The highest BCUT2D eigenvalue weighted by Crippen LogP contribution is 2.22. The number of carbonyl (C=O) groups is 2. The molecule has 0 radical (unpaired) electrons. The zero-order valence-corrected chi connectivity index (χ0v) is 20.1. The highest BCUT2D eigenvalue weighted by Gasteiger charge is 2.25. The third-order valence-electron chi connectivity index (χ3n) is 5.51. The van der Waals surface area contributed by atoms with Crippen LogP contribution in [-0.2, 0) is 17.9 Å². The van der Waals surface area contributed by atoms with Crippen molar-refractivity contribution in [2.45, 2.75) is 33.0 Å². The first-order valence-corrected chi connectivity index (χ1v) is 12.2. The summed E-state index contributed by atoms with van der Waals surface area (Å²) >= 11 is 1.35. The van der Waals surface area contributed by atoms with Gasteiger partial charge in [0.25, 0.3) is 5.91 Å². The molecule has 0 aliphatic carbocycles. The molecule has 4 rings (SSSR count). The molecule has 1 unspecified atom stereocenters. The van der Waals surface area contributed by atoms with Gasteiger partial charge in [0.2, 0.25) is 5.91 Å². The number of nitrogens with one attached hydrogen (secondary N) is 2. The van der Waals surface area contributed by atoms with Gasteiger partial charge in [-0.1, -0.05) is 80.6 Å². The van der Waals surface area contributed by atoms with Crippen molar-refractivity contribution in [2.75, 3.05) is 0 Å². The average molecular weight is 473 g/mol. The van der Waals surface area contributed by atoms with Crippen LogP contribution in [0.25, 0.3) is 11.3 Å². The maximum absolute atomic E-state index is 13.1. The standard InChI is InChI=1S/C27H28N4O2S/c1-19(2)24(29-26(32)23-14-9-15-34-23)27(33)28-16-22-18-31(17-20-10-5-3-6-11-20)30-25(22)21-12-7-4-8-13-21/h3-15,18-19,24H,16-17H2,1-2H3,(H,28,33)(H,29,32). The van der Waals surface area contributed by atoms with Crippen LogP contribution < -0.4 is 10.6 Å². The SMILES string of the molecule is CC(C)C(NC(=O)c1cccs1)C(=O)NCc1cn(Cc2ccccc2)nc1-c1ccccc1. The second-order valence-electron chi connectivity index (χ2n) is 8.44. The molecule has 34 heavy (non-hydrogen) atoms. The van der Waals surface area contributed by atoms with Gasteiger partial charge < -0.3 is 10.6 Å². The Hall–Kier alpha value is -3.71. The summed E-state index contributed by atoms with van der Waals surface area (Å²) in [5.74, 6) is -0.502. The molecule has 2 aromatic heterocycles. The van der Waals surface area contributed by atoms with Crippen LogP contribution in [0.3, 0.4) is 0 Å². The minimum atomic E-state index is -0.630. The smallest absolute Gasteiger partial charge is 0.262 e. The first-order chi connectivity index (χ1) is 16.5. The van der Waals surface area contributed by atoms with E-state index < -0.39 is 6.04 Å². The molecule has 0 fully saturated rings. The predicted octanol–water partition coefficient (Wildman–Crippen LogP) is 4.73. The second-order valence-corrected chi connectivity index (χ2v) is 9.39. The van der Waals surface area contributed by atoms with Crippen LogP contribution in [-0.4, -0.2) is 27.6 Å². The van der Waals surface area contributed by atoms with Crippen LogP contribution in [0.4, 0.5) is 0 Å². The Bertz CT molecular complexity index is 1220. The number of aromatic nitrogens is 2. The molecule has 2 heterocycles. The van der Waals surface area contributed by atoms with Crippen LogP contribution in [0.2, 0.25) is 0 Å². The molecular weight excluding hydrogens is 444 g/mol. The molecular formula is C27H28N4O2S. The summed E-state index contributed by atoms with van der Waals surface area (Å²) in [6.45, 7) is 4.80. The highest BCUT2D eigenvalue weighted by atomic mass is 32.1. The Kier molecular flexibility index (Phi) is 7.54. The predicted molar refractivity (Wildman–Crippen MR) is 135 cm³/mol. The fraction of sp³-hybridized carbons (Fsp3) is 0.222. The Morgan fingerprint density at radius 3 is 2.32 bits per heavy atom. The number of hydrogen-bond donors (Lipinski definition) is 2. The molecule has 0 bridgehead atoms. The quantitative estimate of drug-likeness (QED) is 0.370. The third kappa shape index (κ3) is 5.80. The first kappa shape index (κ1) is 23.4. The number of carbonyl (C=O) groups excluding carboxylic acids is 2. The first-order valence-electron chi connectivity index (χ1n) is 11.3. The zero-order valence-electron chi connectivity index (χ0n) is 19.3. The minimum Gasteiger partial charge on any atom is -0.350 e. The number of thiophene rings is 1. The zero-order chi connectivity index (χ0) is 23.9. The van der Waals surface area contributed by atoms with E-state index in [1.165, 1.54) is 11.3 Å². The van der Waals surface area contributed by atoms with Crippen molar-refractivity contribution in [3.63, 3.8) is 0 Å². The average Bonchev–Trinajstić information content (AvgIpc) is 3.52. The molecule has 2 aromatic carbocycles. The van der Waals surface area contributed by atoms with E-state index >= 15 is 0 Å². The van der Waals surface area contributed by atoms with E-state index in [0.717, 1.165) is 22.4 Å². The van der Waals surface area contributed by atoms with Gasteiger partial charge in [-0.15, -0.1) is 11.3 Å². The van der Waals surface area contributed by atoms with Gasteiger partial charge in [0.15, 0.2) is 0 Å². The van der Waals surface area contributed by atoms with Crippen molar-refractivity contribution in [1.29, 1.82) is 0 Å². The van der Waals surface area contributed by atoms with Crippen molar-refractivity contribution in [2.24, 2.45) is 5.92 Å². The summed E-state index contributed by atoms with van der Waals surface area (Å²) in [5, 5.41) is 12.6. The van der Waals surface area contributed by atoms with E-state index in [1.54, 1.807) is 6.07 Å². The van der Waals surface area contributed by atoms with Gasteiger partial charge in [-0.3, -0.25) is 14.3 Å². The van der Waals surface area contributed by atoms with Crippen molar-refractivity contribution in [3.05, 3.63) is 100 Å². The van der Waals surface area contributed by atoms with Crippen molar-refractivity contribution < 1.29 is 9.59 Å². The lowest BCUT2D eigenvalue weighted by Gasteiger charge is -2.21. The van der Waals surface area contributed by atoms with Gasteiger partial charge in [0.1, 0.15) is 6.04 Å². The largest absolute Gasteiger partial charge is 0.350 e. The Morgan fingerprint density at radius 1 is 0.971 bits per heavy atom. The van der Waals surface area contributed by atoms with Crippen LogP contribution in [0.1, 0.15) is 34.6 Å². The Labute approximate surface area is 203 Å². The van der Waals surface area contributed by atoms with Crippen molar-refractivity contribution in [1.82, 2.24) is 20.4 Å². The number of amides is 2. The molecule has 174 valence electrons. The molecule has 0 aliphatic rings. The second kappa shape index (κ2) is 10.9. The van der Waals surface area contributed by atoms with E-state index in [1.807, 2.05) is 84.7 Å². The highest BCUT2D eigenvalue weighted by molar-refractivity contribution is 7.12. The molecule has 4 aromatic rings. The lowest BCUT2D eigenvalue weighted by molar-refractivity contribution is -0.124. The summed E-state index contributed by atoms with van der Waals surface area (Å²) < 4.78 is 1.90. The van der Waals surface area contributed by atoms with Crippen LogP contribution in [0.5, 0.6) is 0 Å². The van der Waals surface area contributed by atoms with E-state index in [9.17, 15) is 9.59 Å². The number of nitrogens with zero attached hydrogens (tertiary/aromatic N) is 2. The third-order valence-corrected chi connectivity index (χ3v) is 6.37. The fourth-order valence-corrected chi connectivity index (χ4v) is 4.36. The van der Waals surface area contributed by atoms with Crippen LogP contribution in [0, 0.1) is 5.92 Å². The van der Waals surface area contributed by atoms with Gasteiger partial charge in [-0.05, 0) is 22.9 Å². The van der Waals surface area contributed by atoms with Crippen molar-refractivity contribution in [3.8, 4) is 11.3 Å². The maximum Gasteiger partial charge on any atom is 0.262 e. The molecule has 1 atom stereocenters. The molecule has 7 heteroatoms. The van der Waals surface area contributed by atoms with Crippen LogP contribution in [0.15, 0.2) is 84.4 Å². The molecule has 0 spiro atoms. The van der Waals surface area contributed by atoms with Gasteiger partial charge >= 0.3 is 0 Å². The monoisotopic (exact) mass is 472 g/mol. The topological polar surface area (TPSA) is 76.0 Å². The van der Waals surface area contributed by atoms with Gasteiger partial charge in [-0.25, -0.2) is 0 Å². The summed E-state index contributed by atoms with van der Waals surface area (Å²) in [6.07, 6.45) is 1.98. The van der Waals surface area contributed by atoms with Crippen molar-refractivity contribution >= 4 is 23.2 Å². The van der Waals surface area contributed by atoms with Gasteiger partial charge in [-0.2, -0.15) is 5.10 Å². The Morgan fingerprint density at radius 2 is 1.68 bits per heavy atom. The van der Waals surface area contributed by atoms with E-state index in [2.05, 4.69) is 22.8 Å². The molecule has 0 aliphatic heterocycles. The van der Waals surface area contributed by atoms with Gasteiger partial charge in [0.05, 0.1) is 17.1 Å². The minimum absolute atomic E-state index is 0.0571. The lowest BCUT2D eigenvalue weighted by Crippen LogP contribution is -2.49. The van der Waals surface area contributed by atoms with E-state index in [0.29, 0.717) is 18.0 Å². The van der Waals surface area contributed by atoms with E-state index in [4.69, 9.17) is 5.10 Å². The van der Waals surface area contributed by atoms with Gasteiger partial charge in [0, 0.05) is 23.9 Å². The summed E-state index contributed by atoms with van der Waals surface area (Å²) in [7, 11) is 0. The fourth-order valence-electron chi connectivity index (χ4n) is 3.73. The molecule has 2 N–H and O–H groups in total. The number of benzene rings is 2. The normalized spacial score (nSPS) is 11.9. The molecule has 6 nitrogen and oxygen atoms in total. The van der Waals surface area contributed by atoms with Crippen LogP contribution >= 0.6 is 11.3 Å². The summed E-state index contributed by atoms with van der Waals surface area (Å²) in [6, 6.07) is 23.0. The molecule has 2 amide bonds.